The number of anilines is 1. The molecule has 7 nitrogen and oxygen atoms in total. The lowest BCUT2D eigenvalue weighted by Crippen LogP contribution is -2.35. The normalized spacial score (nSPS) is 12.0. The third-order valence-corrected chi connectivity index (χ3v) is 3.22. The Kier molecular flexibility index (Phi) is 4.02. The summed E-state index contributed by atoms with van der Waals surface area (Å²) >= 11 is 0. The number of carbonyl (C=O) groups is 1. The summed E-state index contributed by atoms with van der Waals surface area (Å²) in [7, 11) is 1.56. The van der Waals surface area contributed by atoms with Gasteiger partial charge in [-0.25, -0.2) is 0 Å². The van der Waals surface area contributed by atoms with Crippen molar-refractivity contribution in [1.29, 1.82) is 0 Å². The van der Waals surface area contributed by atoms with Crippen LogP contribution in [0, 0.1) is 17.0 Å². The number of carbonyl (C=O) groups excluding carboxylic acids is 1. The molecular weight excluding hydrogens is 272 g/mol. The summed E-state index contributed by atoms with van der Waals surface area (Å²) in [4.78, 5) is 26.4. The molecule has 2 N–H and O–H groups in total. The van der Waals surface area contributed by atoms with Crippen LogP contribution in [0.3, 0.4) is 0 Å². The third-order valence-electron chi connectivity index (χ3n) is 3.22. The molecule has 1 unspecified atom stereocenters. The van der Waals surface area contributed by atoms with Crippen molar-refractivity contribution in [3.8, 4) is 0 Å². The number of nitrogens with one attached hydrogen (secondary N) is 2. The van der Waals surface area contributed by atoms with Gasteiger partial charge in [0.2, 0.25) is 5.91 Å². The van der Waals surface area contributed by atoms with Crippen LogP contribution in [-0.4, -0.2) is 28.9 Å². The summed E-state index contributed by atoms with van der Waals surface area (Å²) < 4.78 is 0. The first-order valence-corrected chi connectivity index (χ1v) is 6.46. The van der Waals surface area contributed by atoms with Gasteiger partial charge in [0.05, 0.1) is 10.3 Å². The molecule has 1 atom stereocenters. The Morgan fingerprint density at radius 1 is 1.38 bits per heavy atom. The molecule has 1 heterocycles. The molecule has 0 spiro atoms. The number of nitro benzene ring substituents is 1. The highest BCUT2D eigenvalue weighted by Gasteiger charge is 2.17. The number of pyridine rings is 1. The number of rotatable bonds is 4. The number of benzene rings is 1. The van der Waals surface area contributed by atoms with Crippen LogP contribution in [0.5, 0.6) is 0 Å². The van der Waals surface area contributed by atoms with Crippen LogP contribution in [-0.2, 0) is 4.79 Å². The van der Waals surface area contributed by atoms with E-state index in [1.807, 2.05) is 6.92 Å². The fourth-order valence-electron chi connectivity index (χ4n) is 2.13. The Bertz CT molecular complexity index is 715. The predicted octanol–water partition coefficient (Wildman–Crippen LogP) is 2.00. The highest BCUT2D eigenvalue weighted by Crippen LogP contribution is 2.31. The topological polar surface area (TPSA) is 97.2 Å². The summed E-state index contributed by atoms with van der Waals surface area (Å²) in [5.41, 5.74) is 1.41. The molecule has 2 rings (SSSR count). The maximum Gasteiger partial charge on any atom is 0.278 e. The molecular formula is C14H16N4O3. The number of nitrogens with zero attached hydrogens (tertiary/aromatic N) is 2. The molecule has 0 fully saturated rings. The second kappa shape index (κ2) is 5.74. The molecule has 21 heavy (non-hydrogen) atoms. The van der Waals surface area contributed by atoms with Gasteiger partial charge >= 0.3 is 0 Å². The first-order chi connectivity index (χ1) is 9.93. The van der Waals surface area contributed by atoms with E-state index in [2.05, 4.69) is 15.6 Å². The lowest BCUT2D eigenvalue weighted by molar-refractivity contribution is -0.383. The molecule has 1 amide bonds. The molecule has 1 aromatic heterocycles. The molecule has 0 saturated heterocycles. The summed E-state index contributed by atoms with van der Waals surface area (Å²) in [6.45, 7) is 3.53. The lowest BCUT2D eigenvalue weighted by atomic mass is 10.1. The molecule has 0 aliphatic heterocycles. The molecule has 0 saturated carbocycles. The first kappa shape index (κ1) is 14.7. The van der Waals surface area contributed by atoms with E-state index in [4.69, 9.17) is 0 Å². The number of fused-ring (bicyclic) bond motifs is 1. The number of aromatic nitrogens is 1. The van der Waals surface area contributed by atoms with Gasteiger partial charge in [-0.05, 0) is 26.0 Å². The van der Waals surface area contributed by atoms with Crippen LogP contribution in [0.2, 0.25) is 0 Å². The van der Waals surface area contributed by atoms with Crippen molar-refractivity contribution in [2.24, 2.45) is 0 Å². The zero-order valence-corrected chi connectivity index (χ0v) is 12.0. The lowest BCUT2D eigenvalue weighted by Gasteiger charge is -2.15. The minimum atomic E-state index is -0.451. The van der Waals surface area contributed by atoms with Crippen molar-refractivity contribution in [2.45, 2.75) is 19.9 Å². The summed E-state index contributed by atoms with van der Waals surface area (Å²) in [6.07, 6.45) is 1.48. The molecule has 1 aromatic carbocycles. The standard InChI is InChI=1S/C14H16N4O3/c1-8-6-10-11(7-16-8)13(18(20)21)5-4-12(10)17-9(2)14(19)15-3/h4-7,9,17H,1-3H3,(H,15,19). The maximum atomic E-state index is 11.6. The van der Waals surface area contributed by atoms with E-state index in [0.717, 1.165) is 5.69 Å². The van der Waals surface area contributed by atoms with Crippen LogP contribution in [0.25, 0.3) is 10.8 Å². The van der Waals surface area contributed by atoms with Gasteiger partial charge < -0.3 is 10.6 Å². The highest BCUT2D eigenvalue weighted by atomic mass is 16.6. The Hall–Kier alpha value is -2.70. The second-order valence-corrected chi connectivity index (χ2v) is 4.74. The number of hydrogen-bond donors (Lipinski definition) is 2. The smallest absolute Gasteiger partial charge is 0.278 e. The zero-order chi connectivity index (χ0) is 15.6. The van der Waals surface area contributed by atoms with Gasteiger partial charge in [0, 0.05) is 36.1 Å². The van der Waals surface area contributed by atoms with E-state index in [0.29, 0.717) is 16.5 Å². The number of non-ortho nitro benzene ring substituents is 1. The highest BCUT2D eigenvalue weighted by molar-refractivity contribution is 6.00. The summed E-state index contributed by atoms with van der Waals surface area (Å²) in [6, 6.07) is 4.34. The van der Waals surface area contributed by atoms with Gasteiger partial charge in [0.15, 0.2) is 0 Å². The van der Waals surface area contributed by atoms with Crippen LogP contribution in [0.15, 0.2) is 24.4 Å². The van der Waals surface area contributed by atoms with Gasteiger partial charge in [-0.15, -0.1) is 0 Å². The zero-order valence-electron chi connectivity index (χ0n) is 12.0. The molecule has 110 valence electrons. The van der Waals surface area contributed by atoms with Crippen molar-refractivity contribution in [3.05, 3.63) is 40.2 Å². The minimum Gasteiger partial charge on any atom is -0.373 e. The number of aryl methyl sites for hydroxylation is 1. The SMILES string of the molecule is CNC(=O)C(C)Nc1ccc([N+](=O)[O-])c2cnc(C)cc12. The number of hydrogen-bond acceptors (Lipinski definition) is 5. The number of nitro groups is 1. The fourth-order valence-corrected chi connectivity index (χ4v) is 2.13. The molecule has 0 radical (unpaired) electrons. The Morgan fingerprint density at radius 2 is 2.10 bits per heavy atom. The van der Waals surface area contributed by atoms with E-state index < -0.39 is 11.0 Å². The number of likely N-dealkylation sites (N-methyl/N-ethyl adjacent to an activating group) is 1. The van der Waals surface area contributed by atoms with Crippen LogP contribution < -0.4 is 10.6 Å². The predicted molar refractivity (Wildman–Crippen MR) is 80.3 cm³/mol. The van der Waals surface area contributed by atoms with Crippen LogP contribution in [0.1, 0.15) is 12.6 Å². The number of amides is 1. The van der Waals surface area contributed by atoms with Crippen LogP contribution in [0.4, 0.5) is 11.4 Å². The van der Waals surface area contributed by atoms with Gasteiger partial charge in [0.25, 0.3) is 5.69 Å². The van der Waals surface area contributed by atoms with Gasteiger partial charge in [-0.1, -0.05) is 0 Å². The second-order valence-electron chi connectivity index (χ2n) is 4.74. The molecule has 0 aliphatic carbocycles. The third kappa shape index (κ3) is 2.91. The van der Waals surface area contributed by atoms with Crippen molar-refractivity contribution in [3.63, 3.8) is 0 Å². The van der Waals surface area contributed by atoms with Crippen LogP contribution >= 0.6 is 0 Å². The Labute approximate surface area is 121 Å². The monoisotopic (exact) mass is 288 g/mol. The van der Waals surface area contributed by atoms with Gasteiger partial charge in [0.1, 0.15) is 6.04 Å². The molecule has 0 aliphatic rings. The first-order valence-electron chi connectivity index (χ1n) is 6.46. The molecule has 0 bridgehead atoms. The van der Waals surface area contributed by atoms with E-state index in [1.165, 1.54) is 12.3 Å². The van der Waals surface area contributed by atoms with Gasteiger partial charge in [-0.3, -0.25) is 19.9 Å². The van der Waals surface area contributed by atoms with Crippen molar-refractivity contribution >= 4 is 28.1 Å². The van der Waals surface area contributed by atoms with E-state index in [-0.39, 0.29) is 11.6 Å². The van der Waals surface area contributed by atoms with E-state index in [9.17, 15) is 14.9 Å². The van der Waals surface area contributed by atoms with Crippen molar-refractivity contribution in [1.82, 2.24) is 10.3 Å². The Balaban J connectivity index is 2.55. The van der Waals surface area contributed by atoms with E-state index >= 15 is 0 Å². The van der Waals surface area contributed by atoms with Gasteiger partial charge in [-0.2, -0.15) is 0 Å². The largest absolute Gasteiger partial charge is 0.373 e. The minimum absolute atomic E-state index is 0.00403. The fraction of sp³-hybridized carbons (Fsp3) is 0.286. The maximum absolute atomic E-state index is 11.6. The van der Waals surface area contributed by atoms with Crippen molar-refractivity contribution in [2.75, 3.05) is 12.4 Å². The summed E-state index contributed by atoms with van der Waals surface area (Å²) in [5, 5.41) is 17.8. The molecule has 2 aromatic rings. The summed E-state index contributed by atoms with van der Waals surface area (Å²) in [5.74, 6) is -0.160. The average Bonchev–Trinajstić information content (AvgIpc) is 2.46. The average molecular weight is 288 g/mol. The Morgan fingerprint density at radius 3 is 2.71 bits per heavy atom. The molecule has 7 heteroatoms. The quantitative estimate of drug-likeness (QED) is 0.662. The van der Waals surface area contributed by atoms with Crippen molar-refractivity contribution < 1.29 is 9.72 Å². The van der Waals surface area contributed by atoms with E-state index in [1.54, 1.807) is 26.1 Å².